The molecule has 138 valence electrons. The van der Waals surface area contributed by atoms with Crippen LogP contribution in [0.3, 0.4) is 0 Å². The lowest BCUT2D eigenvalue weighted by atomic mass is 10.1. The van der Waals surface area contributed by atoms with Gasteiger partial charge in [-0.05, 0) is 48.7 Å². The molecule has 0 atom stereocenters. The predicted octanol–water partition coefficient (Wildman–Crippen LogP) is 3.24. The molecule has 1 fully saturated rings. The van der Waals surface area contributed by atoms with Crippen LogP contribution in [0.15, 0.2) is 41.3 Å². The highest BCUT2D eigenvalue weighted by Gasteiger charge is 2.31. The van der Waals surface area contributed by atoms with Crippen LogP contribution in [0.2, 0.25) is 5.02 Å². The lowest BCUT2D eigenvalue weighted by Crippen LogP contribution is -2.36. The van der Waals surface area contributed by atoms with Crippen molar-refractivity contribution >= 4 is 33.0 Å². The molecule has 0 saturated carbocycles. The van der Waals surface area contributed by atoms with Crippen LogP contribution in [0.5, 0.6) is 0 Å². The SMILES string of the molecule is Cc1ccc(S(=O)(=O)N2CCc3ccc(N4CCOCC4)cc32)cc1Cl. The smallest absolute Gasteiger partial charge is 0.264 e. The Morgan fingerprint density at radius 1 is 1.04 bits per heavy atom. The molecule has 7 heteroatoms. The molecule has 0 unspecified atom stereocenters. The van der Waals surface area contributed by atoms with Gasteiger partial charge in [0, 0.05) is 30.3 Å². The minimum atomic E-state index is -3.63. The van der Waals surface area contributed by atoms with Gasteiger partial charge < -0.3 is 9.64 Å². The summed E-state index contributed by atoms with van der Waals surface area (Å²) in [5.41, 5.74) is 3.73. The lowest BCUT2D eigenvalue weighted by molar-refractivity contribution is 0.122. The number of anilines is 2. The summed E-state index contributed by atoms with van der Waals surface area (Å²) in [6.45, 7) is 5.34. The average molecular weight is 393 g/mol. The molecule has 4 rings (SSSR count). The van der Waals surface area contributed by atoms with E-state index in [4.69, 9.17) is 16.3 Å². The Balaban J connectivity index is 1.70. The predicted molar refractivity (Wildman–Crippen MR) is 104 cm³/mol. The summed E-state index contributed by atoms with van der Waals surface area (Å²) in [5.74, 6) is 0. The van der Waals surface area contributed by atoms with Crippen LogP contribution in [0.1, 0.15) is 11.1 Å². The molecule has 0 bridgehead atoms. The van der Waals surface area contributed by atoms with Crippen molar-refractivity contribution in [2.75, 3.05) is 42.1 Å². The van der Waals surface area contributed by atoms with E-state index in [9.17, 15) is 8.42 Å². The van der Waals surface area contributed by atoms with Gasteiger partial charge in [0.25, 0.3) is 10.0 Å². The normalized spacial score (nSPS) is 17.5. The Bertz CT molecular complexity index is 940. The second-order valence-corrected chi connectivity index (χ2v) is 8.92. The fourth-order valence-electron chi connectivity index (χ4n) is 3.47. The molecular weight excluding hydrogens is 372 g/mol. The second-order valence-electron chi connectivity index (χ2n) is 6.65. The van der Waals surface area contributed by atoms with Gasteiger partial charge in [0.1, 0.15) is 0 Å². The van der Waals surface area contributed by atoms with Crippen LogP contribution in [0.4, 0.5) is 11.4 Å². The van der Waals surface area contributed by atoms with Gasteiger partial charge >= 0.3 is 0 Å². The maximum atomic E-state index is 13.2. The van der Waals surface area contributed by atoms with Crippen LogP contribution in [-0.4, -0.2) is 41.3 Å². The Hall–Kier alpha value is -1.76. The zero-order chi connectivity index (χ0) is 18.3. The van der Waals surface area contributed by atoms with E-state index in [2.05, 4.69) is 11.0 Å². The minimum absolute atomic E-state index is 0.234. The largest absolute Gasteiger partial charge is 0.378 e. The van der Waals surface area contributed by atoms with E-state index in [-0.39, 0.29) is 4.90 Å². The first kappa shape index (κ1) is 17.6. The molecule has 0 N–H and O–H groups in total. The molecule has 0 aliphatic carbocycles. The lowest BCUT2D eigenvalue weighted by Gasteiger charge is -2.30. The van der Waals surface area contributed by atoms with E-state index in [1.54, 1.807) is 12.1 Å². The van der Waals surface area contributed by atoms with Gasteiger partial charge in [-0.3, -0.25) is 4.31 Å². The molecular formula is C19H21ClN2O3S. The van der Waals surface area contributed by atoms with Crippen LogP contribution >= 0.6 is 11.6 Å². The maximum Gasteiger partial charge on any atom is 0.264 e. The summed E-state index contributed by atoms with van der Waals surface area (Å²) in [6, 6.07) is 11.0. The van der Waals surface area contributed by atoms with E-state index < -0.39 is 10.0 Å². The van der Waals surface area contributed by atoms with E-state index in [1.165, 1.54) is 10.4 Å². The maximum absolute atomic E-state index is 13.2. The third-order valence-corrected chi connectivity index (χ3v) is 7.25. The monoisotopic (exact) mass is 392 g/mol. The van der Waals surface area contributed by atoms with Crippen molar-refractivity contribution in [2.24, 2.45) is 0 Å². The fourth-order valence-corrected chi connectivity index (χ4v) is 5.23. The topological polar surface area (TPSA) is 49.9 Å². The van der Waals surface area contributed by atoms with Crippen LogP contribution in [0, 0.1) is 6.92 Å². The van der Waals surface area contributed by atoms with E-state index in [0.29, 0.717) is 24.8 Å². The Kier molecular flexibility index (Phi) is 4.59. The van der Waals surface area contributed by atoms with Gasteiger partial charge in [-0.1, -0.05) is 23.7 Å². The summed E-state index contributed by atoms with van der Waals surface area (Å²) in [6.07, 6.45) is 0.720. The molecule has 2 aromatic rings. The summed E-state index contributed by atoms with van der Waals surface area (Å²) in [7, 11) is -3.63. The number of nitrogens with zero attached hydrogens (tertiary/aromatic N) is 2. The van der Waals surface area contributed by atoms with Gasteiger partial charge in [-0.2, -0.15) is 0 Å². The highest BCUT2D eigenvalue weighted by molar-refractivity contribution is 7.92. The molecule has 2 heterocycles. The molecule has 2 aliphatic rings. The number of fused-ring (bicyclic) bond motifs is 1. The van der Waals surface area contributed by atoms with Gasteiger partial charge in [-0.25, -0.2) is 8.42 Å². The molecule has 26 heavy (non-hydrogen) atoms. The zero-order valence-electron chi connectivity index (χ0n) is 14.6. The molecule has 0 aromatic heterocycles. The van der Waals surface area contributed by atoms with Crippen LogP contribution in [-0.2, 0) is 21.2 Å². The van der Waals surface area contributed by atoms with Crippen molar-refractivity contribution in [3.63, 3.8) is 0 Å². The summed E-state index contributed by atoms with van der Waals surface area (Å²) in [4.78, 5) is 2.47. The number of sulfonamides is 1. The highest BCUT2D eigenvalue weighted by atomic mass is 35.5. The van der Waals surface area contributed by atoms with Gasteiger partial charge in [-0.15, -0.1) is 0 Å². The van der Waals surface area contributed by atoms with E-state index in [1.807, 2.05) is 19.1 Å². The molecule has 2 aromatic carbocycles. The van der Waals surface area contributed by atoms with Gasteiger partial charge in [0.2, 0.25) is 0 Å². The highest BCUT2D eigenvalue weighted by Crippen LogP contribution is 2.36. The van der Waals surface area contributed by atoms with Crippen molar-refractivity contribution in [3.05, 3.63) is 52.5 Å². The molecule has 0 radical (unpaired) electrons. The summed E-state index contributed by atoms with van der Waals surface area (Å²) < 4.78 is 33.3. The van der Waals surface area contributed by atoms with Gasteiger partial charge in [0.05, 0.1) is 23.8 Å². The first-order valence-electron chi connectivity index (χ1n) is 8.71. The first-order chi connectivity index (χ1) is 12.5. The molecule has 0 amide bonds. The number of aryl methyl sites for hydroxylation is 1. The number of hydrogen-bond donors (Lipinski definition) is 0. The number of ether oxygens (including phenoxy) is 1. The number of rotatable bonds is 3. The average Bonchev–Trinajstić information content (AvgIpc) is 3.08. The third kappa shape index (κ3) is 3.06. The Labute approximate surface area is 159 Å². The Morgan fingerprint density at radius 2 is 1.81 bits per heavy atom. The summed E-state index contributed by atoms with van der Waals surface area (Å²) in [5, 5.41) is 0.465. The minimum Gasteiger partial charge on any atom is -0.378 e. The quantitative estimate of drug-likeness (QED) is 0.804. The Morgan fingerprint density at radius 3 is 2.54 bits per heavy atom. The molecule has 2 aliphatic heterocycles. The van der Waals surface area contributed by atoms with Crippen molar-refractivity contribution in [3.8, 4) is 0 Å². The molecule has 5 nitrogen and oxygen atoms in total. The van der Waals surface area contributed by atoms with Crippen molar-refractivity contribution in [1.82, 2.24) is 0 Å². The number of morpholine rings is 1. The molecule has 1 saturated heterocycles. The van der Waals surface area contributed by atoms with E-state index in [0.717, 1.165) is 42.0 Å². The zero-order valence-corrected chi connectivity index (χ0v) is 16.2. The number of hydrogen-bond acceptors (Lipinski definition) is 4. The third-order valence-electron chi connectivity index (χ3n) is 5.03. The number of benzene rings is 2. The van der Waals surface area contributed by atoms with Crippen LogP contribution < -0.4 is 9.21 Å². The fraction of sp³-hybridized carbons (Fsp3) is 0.368. The summed E-state index contributed by atoms with van der Waals surface area (Å²) >= 11 is 6.15. The van der Waals surface area contributed by atoms with E-state index >= 15 is 0 Å². The standard InChI is InChI=1S/C19H21ClN2O3S/c1-14-2-5-17(13-18(14)20)26(23,24)22-7-6-15-3-4-16(12-19(15)22)21-8-10-25-11-9-21/h2-5,12-13H,6-11H2,1H3. The van der Waals surface area contributed by atoms with Crippen LogP contribution in [0.25, 0.3) is 0 Å². The van der Waals surface area contributed by atoms with Crippen molar-refractivity contribution in [2.45, 2.75) is 18.2 Å². The number of halogens is 1. The second kappa shape index (κ2) is 6.76. The van der Waals surface area contributed by atoms with Crippen molar-refractivity contribution in [1.29, 1.82) is 0 Å². The molecule has 0 spiro atoms. The first-order valence-corrected chi connectivity index (χ1v) is 10.5. The van der Waals surface area contributed by atoms with Crippen molar-refractivity contribution < 1.29 is 13.2 Å². The van der Waals surface area contributed by atoms with Gasteiger partial charge in [0.15, 0.2) is 0 Å².